The molecule has 0 saturated carbocycles. The van der Waals surface area contributed by atoms with E-state index in [-0.39, 0.29) is 18.5 Å². The molecule has 1 atom stereocenters. The Morgan fingerprint density at radius 3 is 2.89 bits per heavy atom. The van der Waals surface area contributed by atoms with Crippen LogP contribution in [-0.2, 0) is 17.8 Å². The van der Waals surface area contributed by atoms with Crippen LogP contribution in [0, 0.1) is 0 Å². The van der Waals surface area contributed by atoms with E-state index in [2.05, 4.69) is 17.4 Å². The maximum atomic E-state index is 12.7. The molecule has 0 aliphatic heterocycles. The van der Waals surface area contributed by atoms with Crippen LogP contribution >= 0.6 is 22.9 Å². The Hall–Kier alpha value is -2.50. The number of thiophene rings is 1. The molecule has 3 heterocycles. The maximum absolute atomic E-state index is 12.7. The first kappa shape index (κ1) is 17.9. The van der Waals surface area contributed by atoms with E-state index in [1.807, 2.05) is 53.3 Å². The van der Waals surface area contributed by atoms with Crippen molar-refractivity contribution in [1.29, 1.82) is 0 Å². The van der Waals surface area contributed by atoms with Gasteiger partial charge in [-0.2, -0.15) is 0 Å². The molecular formula is C21H19ClN2O2S. The summed E-state index contributed by atoms with van der Waals surface area (Å²) in [5, 5.41) is 6.82. The van der Waals surface area contributed by atoms with Gasteiger partial charge in [0.25, 0.3) is 0 Å². The highest BCUT2D eigenvalue weighted by Crippen LogP contribution is 2.32. The largest absolute Gasteiger partial charge is 0.469 e. The van der Waals surface area contributed by atoms with Gasteiger partial charge in [-0.15, -0.1) is 11.3 Å². The van der Waals surface area contributed by atoms with E-state index in [0.717, 1.165) is 27.2 Å². The molecule has 0 radical (unpaired) electrons. The second kappa shape index (κ2) is 7.62. The molecule has 1 aromatic carbocycles. The van der Waals surface area contributed by atoms with E-state index in [9.17, 15) is 4.79 Å². The zero-order chi connectivity index (χ0) is 18.8. The fourth-order valence-corrected chi connectivity index (χ4v) is 4.22. The molecule has 1 N–H and O–H groups in total. The minimum atomic E-state index is -0.0284. The molecule has 0 fully saturated rings. The summed E-state index contributed by atoms with van der Waals surface area (Å²) in [6.45, 7) is 2.23. The SMILES string of the molecule is CC(Cc1ccco1)NC(=O)Cn1c(-c2cccs2)cc2cc(Cl)ccc21. The van der Waals surface area contributed by atoms with Crippen molar-refractivity contribution in [1.82, 2.24) is 9.88 Å². The number of aromatic nitrogens is 1. The van der Waals surface area contributed by atoms with Crippen molar-refractivity contribution in [3.63, 3.8) is 0 Å². The van der Waals surface area contributed by atoms with Crippen LogP contribution in [0.1, 0.15) is 12.7 Å². The molecule has 0 spiro atoms. The Bertz CT molecular complexity index is 1050. The number of hydrogen-bond acceptors (Lipinski definition) is 3. The van der Waals surface area contributed by atoms with Crippen molar-refractivity contribution in [3.8, 4) is 10.6 Å². The quantitative estimate of drug-likeness (QED) is 0.475. The zero-order valence-electron chi connectivity index (χ0n) is 14.8. The summed E-state index contributed by atoms with van der Waals surface area (Å²) in [7, 11) is 0. The summed E-state index contributed by atoms with van der Waals surface area (Å²) in [5.74, 6) is 0.836. The summed E-state index contributed by atoms with van der Waals surface area (Å²) in [6.07, 6.45) is 2.31. The fourth-order valence-electron chi connectivity index (χ4n) is 3.29. The lowest BCUT2D eigenvalue weighted by Crippen LogP contribution is -2.36. The lowest BCUT2D eigenvalue weighted by Gasteiger charge is -2.15. The molecule has 1 unspecified atom stereocenters. The third kappa shape index (κ3) is 3.94. The molecule has 6 heteroatoms. The lowest BCUT2D eigenvalue weighted by molar-refractivity contribution is -0.122. The molecule has 27 heavy (non-hydrogen) atoms. The Kier molecular flexibility index (Phi) is 5.05. The van der Waals surface area contributed by atoms with Gasteiger partial charge in [-0.25, -0.2) is 0 Å². The van der Waals surface area contributed by atoms with Gasteiger partial charge in [-0.1, -0.05) is 17.7 Å². The molecule has 3 aromatic heterocycles. The predicted octanol–water partition coefficient (Wildman–Crippen LogP) is 5.36. The summed E-state index contributed by atoms with van der Waals surface area (Å²) in [4.78, 5) is 13.8. The number of carbonyl (C=O) groups excluding carboxylic acids is 1. The molecular weight excluding hydrogens is 380 g/mol. The highest BCUT2D eigenvalue weighted by Gasteiger charge is 2.16. The van der Waals surface area contributed by atoms with Gasteiger partial charge in [0.2, 0.25) is 5.91 Å². The number of carbonyl (C=O) groups is 1. The van der Waals surface area contributed by atoms with E-state index in [0.29, 0.717) is 11.4 Å². The van der Waals surface area contributed by atoms with Crippen molar-refractivity contribution < 1.29 is 9.21 Å². The van der Waals surface area contributed by atoms with E-state index >= 15 is 0 Å². The van der Waals surface area contributed by atoms with Crippen LogP contribution in [-0.4, -0.2) is 16.5 Å². The Morgan fingerprint density at radius 1 is 1.26 bits per heavy atom. The second-order valence-corrected chi connectivity index (χ2v) is 7.93. The number of nitrogens with zero attached hydrogens (tertiary/aromatic N) is 1. The third-order valence-corrected chi connectivity index (χ3v) is 5.56. The van der Waals surface area contributed by atoms with Gasteiger partial charge in [0, 0.05) is 28.4 Å². The highest BCUT2D eigenvalue weighted by atomic mass is 35.5. The first-order valence-electron chi connectivity index (χ1n) is 8.74. The molecule has 0 aliphatic carbocycles. The Morgan fingerprint density at radius 2 is 2.15 bits per heavy atom. The standard InChI is InChI=1S/C21H19ClN2O2S/c1-14(10-17-4-2-8-26-17)23-21(25)13-24-18-7-6-16(22)11-15(18)12-19(24)20-5-3-9-27-20/h2-9,11-12,14H,10,13H2,1H3,(H,23,25). The lowest BCUT2D eigenvalue weighted by atomic mass is 10.2. The number of amides is 1. The molecule has 4 nitrogen and oxygen atoms in total. The summed E-state index contributed by atoms with van der Waals surface area (Å²) >= 11 is 7.81. The van der Waals surface area contributed by atoms with Gasteiger partial charge in [0.05, 0.1) is 16.8 Å². The van der Waals surface area contributed by atoms with Crippen molar-refractivity contribution in [2.45, 2.75) is 25.9 Å². The minimum absolute atomic E-state index is 0.00916. The Balaban J connectivity index is 1.58. The van der Waals surface area contributed by atoms with Crippen molar-refractivity contribution >= 4 is 39.7 Å². The molecule has 138 valence electrons. The van der Waals surface area contributed by atoms with Crippen molar-refractivity contribution in [3.05, 3.63) is 71.0 Å². The molecule has 0 saturated heterocycles. The average molecular weight is 399 g/mol. The number of nitrogens with one attached hydrogen (secondary N) is 1. The van der Waals surface area contributed by atoms with E-state index in [1.165, 1.54) is 0 Å². The molecule has 0 bridgehead atoms. The van der Waals surface area contributed by atoms with Crippen LogP contribution in [0.15, 0.2) is 64.6 Å². The van der Waals surface area contributed by atoms with Crippen LogP contribution in [0.25, 0.3) is 21.5 Å². The van der Waals surface area contributed by atoms with Gasteiger partial charge in [0.1, 0.15) is 12.3 Å². The number of hydrogen-bond donors (Lipinski definition) is 1. The van der Waals surface area contributed by atoms with Gasteiger partial charge < -0.3 is 14.3 Å². The number of halogens is 1. The van der Waals surface area contributed by atoms with Gasteiger partial charge in [0.15, 0.2) is 0 Å². The smallest absolute Gasteiger partial charge is 0.240 e. The normalized spacial score (nSPS) is 12.4. The second-order valence-electron chi connectivity index (χ2n) is 6.55. The van der Waals surface area contributed by atoms with Gasteiger partial charge in [-0.05, 0) is 54.8 Å². The number of benzene rings is 1. The van der Waals surface area contributed by atoms with Crippen LogP contribution in [0.2, 0.25) is 5.02 Å². The van der Waals surface area contributed by atoms with E-state index in [4.69, 9.17) is 16.0 Å². The topological polar surface area (TPSA) is 47.2 Å². The van der Waals surface area contributed by atoms with Crippen LogP contribution < -0.4 is 5.32 Å². The average Bonchev–Trinajstić information content (AvgIpc) is 3.35. The summed E-state index contributed by atoms with van der Waals surface area (Å²) in [5.41, 5.74) is 2.02. The molecule has 4 rings (SSSR count). The fraction of sp³-hybridized carbons (Fsp3) is 0.190. The first-order valence-corrected chi connectivity index (χ1v) is 10.0. The molecule has 4 aromatic rings. The van der Waals surface area contributed by atoms with Crippen molar-refractivity contribution in [2.75, 3.05) is 0 Å². The summed E-state index contributed by atoms with van der Waals surface area (Å²) < 4.78 is 7.41. The molecule has 0 aliphatic rings. The third-order valence-electron chi connectivity index (χ3n) is 4.43. The minimum Gasteiger partial charge on any atom is -0.469 e. The first-order chi connectivity index (χ1) is 13.1. The van der Waals surface area contributed by atoms with Crippen LogP contribution in [0.5, 0.6) is 0 Å². The monoisotopic (exact) mass is 398 g/mol. The van der Waals surface area contributed by atoms with E-state index < -0.39 is 0 Å². The number of rotatable bonds is 6. The number of furan rings is 1. The maximum Gasteiger partial charge on any atom is 0.240 e. The van der Waals surface area contributed by atoms with Crippen LogP contribution in [0.3, 0.4) is 0 Å². The van der Waals surface area contributed by atoms with Crippen LogP contribution in [0.4, 0.5) is 0 Å². The Labute approximate surface area is 166 Å². The summed E-state index contributed by atoms with van der Waals surface area (Å²) in [6, 6.07) is 15.7. The molecule has 1 amide bonds. The van der Waals surface area contributed by atoms with Gasteiger partial charge >= 0.3 is 0 Å². The van der Waals surface area contributed by atoms with Gasteiger partial charge in [-0.3, -0.25) is 4.79 Å². The zero-order valence-corrected chi connectivity index (χ0v) is 16.4. The highest BCUT2D eigenvalue weighted by molar-refractivity contribution is 7.13. The predicted molar refractivity (Wildman–Crippen MR) is 110 cm³/mol. The van der Waals surface area contributed by atoms with Crippen molar-refractivity contribution in [2.24, 2.45) is 0 Å². The van der Waals surface area contributed by atoms with E-state index in [1.54, 1.807) is 17.6 Å². The number of fused-ring (bicyclic) bond motifs is 1.